The molecule has 1 aliphatic carbocycles. The van der Waals surface area contributed by atoms with Crippen molar-refractivity contribution in [2.45, 2.75) is 63.8 Å². The Balaban J connectivity index is 1.47. The number of ether oxygens (including phenoxy) is 2. The number of amides is 1. The van der Waals surface area contributed by atoms with Gasteiger partial charge in [-0.1, -0.05) is 35.9 Å². The van der Waals surface area contributed by atoms with Gasteiger partial charge in [-0.3, -0.25) is 9.36 Å². The van der Waals surface area contributed by atoms with Gasteiger partial charge in [0.1, 0.15) is 16.6 Å². The number of hydrogen-bond acceptors (Lipinski definition) is 8. The first-order chi connectivity index (χ1) is 18.8. The van der Waals surface area contributed by atoms with E-state index < -0.39 is 17.9 Å². The molecule has 0 aliphatic heterocycles. The molecular formula is C27H30ClFN4O4S2. The largest absolute Gasteiger partial charge is 0.481 e. The lowest BCUT2D eigenvalue weighted by Gasteiger charge is -2.16. The number of allylic oxidation sites excluding steroid dienone is 1. The fourth-order valence-electron chi connectivity index (χ4n) is 4.36. The molecule has 1 amide bonds. The number of hydrogen-bond donors (Lipinski definition) is 1. The lowest BCUT2D eigenvalue weighted by Crippen LogP contribution is -2.17. The molecule has 1 N–H and O–H groups in total. The number of anilines is 1. The van der Waals surface area contributed by atoms with Crippen LogP contribution in [0.3, 0.4) is 0 Å². The first kappa shape index (κ1) is 29.1. The molecule has 0 saturated heterocycles. The van der Waals surface area contributed by atoms with Gasteiger partial charge < -0.3 is 14.8 Å². The van der Waals surface area contributed by atoms with E-state index in [4.69, 9.17) is 21.1 Å². The summed E-state index contributed by atoms with van der Waals surface area (Å²) in [5, 5.41) is 12.6. The van der Waals surface area contributed by atoms with Gasteiger partial charge in [-0.2, -0.15) is 0 Å². The van der Waals surface area contributed by atoms with E-state index in [0.717, 1.165) is 42.5 Å². The van der Waals surface area contributed by atoms with E-state index in [0.29, 0.717) is 33.8 Å². The molecule has 4 rings (SSSR count). The van der Waals surface area contributed by atoms with Gasteiger partial charge in [0, 0.05) is 11.4 Å². The highest BCUT2D eigenvalue weighted by Gasteiger charge is 2.27. The Labute approximate surface area is 239 Å². The maximum Gasteiger partial charge on any atom is 0.341 e. The number of nitrogens with zero attached hydrogens (tertiary/aromatic N) is 3. The van der Waals surface area contributed by atoms with Crippen LogP contribution >= 0.6 is 34.7 Å². The standard InChI is InChI=1S/C27H30ClFN4O4S2/c1-4-13-33-24(16(3)37-20-12-11-17(29)14-19(20)28)31-32-27(33)38-15-22(34)30-25-23(26(35)36-5-2)18-9-7-6-8-10-21(18)39-25/h4,11-12,14,16H,1,5-10,13,15H2,2-3H3,(H,30,34). The number of nitrogens with one attached hydrogen (secondary N) is 1. The zero-order chi connectivity index (χ0) is 27.9. The third-order valence-electron chi connectivity index (χ3n) is 6.10. The van der Waals surface area contributed by atoms with Gasteiger partial charge in [0.2, 0.25) is 5.91 Å². The molecule has 0 radical (unpaired) electrons. The number of esters is 1. The fraction of sp³-hybridized carbons (Fsp3) is 0.407. The highest BCUT2D eigenvalue weighted by Crippen LogP contribution is 2.38. The maximum absolute atomic E-state index is 13.4. The van der Waals surface area contributed by atoms with E-state index in [2.05, 4.69) is 22.1 Å². The van der Waals surface area contributed by atoms with Crippen LogP contribution in [0, 0.1) is 5.82 Å². The summed E-state index contributed by atoms with van der Waals surface area (Å²) in [7, 11) is 0. The second kappa shape index (κ2) is 13.5. The molecule has 1 atom stereocenters. The number of aryl methyl sites for hydroxylation is 1. The Morgan fingerprint density at radius 2 is 2.10 bits per heavy atom. The molecular weight excluding hydrogens is 563 g/mol. The molecule has 3 aromatic rings. The van der Waals surface area contributed by atoms with Gasteiger partial charge in [0.05, 0.1) is 22.9 Å². The van der Waals surface area contributed by atoms with Crippen LogP contribution in [0.4, 0.5) is 9.39 Å². The van der Waals surface area contributed by atoms with E-state index in [9.17, 15) is 14.0 Å². The van der Waals surface area contributed by atoms with Gasteiger partial charge in [-0.05, 0) is 63.3 Å². The van der Waals surface area contributed by atoms with Crippen LogP contribution in [0.2, 0.25) is 5.02 Å². The van der Waals surface area contributed by atoms with Gasteiger partial charge in [-0.15, -0.1) is 28.1 Å². The first-order valence-corrected chi connectivity index (χ1v) is 14.9. The molecule has 39 heavy (non-hydrogen) atoms. The van der Waals surface area contributed by atoms with Crippen molar-refractivity contribution in [2.75, 3.05) is 17.7 Å². The summed E-state index contributed by atoms with van der Waals surface area (Å²) < 4.78 is 26.4. The molecule has 1 aromatic carbocycles. The number of rotatable bonds is 11. The van der Waals surface area contributed by atoms with Crippen molar-refractivity contribution in [3.05, 3.63) is 63.5 Å². The van der Waals surface area contributed by atoms with Crippen LogP contribution in [0.25, 0.3) is 0 Å². The molecule has 2 heterocycles. The third-order valence-corrected chi connectivity index (χ3v) is 8.57. The zero-order valence-corrected chi connectivity index (χ0v) is 24.2. The van der Waals surface area contributed by atoms with Crippen LogP contribution in [0.1, 0.15) is 65.8 Å². The minimum absolute atomic E-state index is 0.0547. The van der Waals surface area contributed by atoms with Crippen LogP contribution in [0.15, 0.2) is 36.0 Å². The van der Waals surface area contributed by atoms with Crippen molar-refractivity contribution >= 4 is 51.6 Å². The van der Waals surface area contributed by atoms with Crippen molar-refractivity contribution in [2.24, 2.45) is 0 Å². The van der Waals surface area contributed by atoms with E-state index in [1.54, 1.807) is 24.5 Å². The van der Waals surface area contributed by atoms with Crippen molar-refractivity contribution in [3.8, 4) is 5.75 Å². The van der Waals surface area contributed by atoms with Gasteiger partial charge in [0.25, 0.3) is 0 Å². The predicted molar refractivity (Wildman–Crippen MR) is 152 cm³/mol. The molecule has 2 aromatic heterocycles. The Morgan fingerprint density at radius 3 is 2.85 bits per heavy atom. The van der Waals surface area contributed by atoms with E-state index in [1.807, 2.05) is 0 Å². The topological polar surface area (TPSA) is 95.3 Å². The number of carbonyl (C=O) groups excluding carboxylic acids is 2. The zero-order valence-electron chi connectivity index (χ0n) is 21.8. The summed E-state index contributed by atoms with van der Waals surface area (Å²) in [6, 6.07) is 3.90. The molecule has 0 fully saturated rings. The first-order valence-electron chi connectivity index (χ1n) is 12.7. The van der Waals surface area contributed by atoms with Crippen molar-refractivity contribution in [1.82, 2.24) is 14.8 Å². The monoisotopic (exact) mass is 592 g/mol. The van der Waals surface area contributed by atoms with Crippen LogP contribution in [0.5, 0.6) is 5.75 Å². The predicted octanol–water partition coefficient (Wildman–Crippen LogP) is 6.63. The molecule has 208 valence electrons. The third kappa shape index (κ3) is 7.01. The van der Waals surface area contributed by atoms with Gasteiger partial charge >= 0.3 is 5.97 Å². The average molecular weight is 593 g/mol. The van der Waals surface area contributed by atoms with E-state index in [1.165, 1.54) is 41.3 Å². The summed E-state index contributed by atoms with van der Waals surface area (Å²) in [5.41, 5.74) is 1.49. The summed E-state index contributed by atoms with van der Waals surface area (Å²) >= 11 is 8.78. The van der Waals surface area contributed by atoms with Gasteiger partial charge in [-0.25, -0.2) is 9.18 Å². The highest BCUT2D eigenvalue weighted by atomic mass is 35.5. The van der Waals surface area contributed by atoms with Crippen LogP contribution < -0.4 is 10.1 Å². The average Bonchev–Trinajstić information content (AvgIpc) is 3.37. The minimum Gasteiger partial charge on any atom is -0.481 e. The lowest BCUT2D eigenvalue weighted by molar-refractivity contribution is -0.113. The van der Waals surface area contributed by atoms with Crippen LogP contribution in [-0.4, -0.2) is 39.0 Å². The molecule has 12 heteroatoms. The number of carbonyl (C=O) groups is 2. The molecule has 1 aliphatic rings. The number of aromatic nitrogens is 3. The Bertz CT molecular complexity index is 1360. The molecule has 1 unspecified atom stereocenters. The fourth-order valence-corrected chi connectivity index (χ4v) is 6.63. The Hall–Kier alpha value is -2.89. The maximum atomic E-state index is 13.4. The summed E-state index contributed by atoms with van der Waals surface area (Å²) in [4.78, 5) is 26.9. The Kier molecular flexibility index (Phi) is 10.0. The number of thiophene rings is 1. The smallest absolute Gasteiger partial charge is 0.341 e. The summed E-state index contributed by atoms with van der Waals surface area (Å²) in [5.74, 6) is -0.244. The summed E-state index contributed by atoms with van der Waals surface area (Å²) in [6.07, 6.45) is 6.04. The second-order valence-electron chi connectivity index (χ2n) is 8.90. The SMILES string of the molecule is C=CCn1c(SCC(=O)Nc2sc3c(c2C(=O)OCC)CCCCC3)nnc1C(C)Oc1ccc(F)cc1Cl. The van der Waals surface area contributed by atoms with E-state index in [-0.39, 0.29) is 23.3 Å². The Morgan fingerprint density at radius 1 is 1.31 bits per heavy atom. The lowest BCUT2D eigenvalue weighted by atomic mass is 10.1. The molecule has 0 saturated carbocycles. The normalized spacial score (nSPS) is 13.7. The minimum atomic E-state index is -0.558. The van der Waals surface area contributed by atoms with E-state index >= 15 is 0 Å². The number of thioether (sulfide) groups is 1. The molecule has 8 nitrogen and oxygen atoms in total. The quantitative estimate of drug-likeness (QED) is 0.115. The highest BCUT2D eigenvalue weighted by molar-refractivity contribution is 7.99. The van der Waals surface area contributed by atoms with Crippen molar-refractivity contribution in [1.29, 1.82) is 0 Å². The number of benzene rings is 1. The van der Waals surface area contributed by atoms with Crippen molar-refractivity contribution < 1.29 is 23.5 Å². The second-order valence-corrected chi connectivity index (χ2v) is 11.4. The summed E-state index contributed by atoms with van der Waals surface area (Å²) in [6.45, 7) is 8.01. The molecule has 0 bridgehead atoms. The number of fused-ring (bicyclic) bond motifs is 1. The number of halogens is 2. The van der Waals surface area contributed by atoms with Crippen LogP contribution in [-0.2, 0) is 28.9 Å². The van der Waals surface area contributed by atoms with Crippen molar-refractivity contribution in [3.63, 3.8) is 0 Å². The van der Waals surface area contributed by atoms with Gasteiger partial charge in [0.15, 0.2) is 17.1 Å². The molecule has 0 spiro atoms.